The molecule has 2 aliphatic rings. The number of carbonyl (C=O) groups is 4. The van der Waals surface area contributed by atoms with E-state index in [0.29, 0.717) is 35.3 Å². The van der Waals surface area contributed by atoms with Crippen LogP contribution in [0.25, 0.3) is 0 Å². The lowest BCUT2D eigenvalue weighted by Gasteiger charge is -2.28. The summed E-state index contributed by atoms with van der Waals surface area (Å²) in [5.41, 5.74) is 2.33. The molecule has 1 aromatic heterocycles. The number of benzene rings is 1. The molecule has 0 unspecified atom stereocenters. The Hall–Kier alpha value is -3.49. The summed E-state index contributed by atoms with van der Waals surface area (Å²) < 4.78 is 6.57. The van der Waals surface area contributed by atoms with Crippen LogP contribution in [0.2, 0.25) is 0 Å². The molecule has 9 nitrogen and oxygen atoms in total. The Labute approximate surface area is 166 Å². The Balaban J connectivity index is 1.52. The van der Waals surface area contributed by atoms with Crippen LogP contribution in [0.15, 0.2) is 24.3 Å². The van der Waals surface area contributed by atoms with E-state index in [1.807, 2.05) is 0 Å². The van der Waals surface area contributed by atoms with Crippen molar-refractivity contribution in [2.24, 2.45) is 7.05 Å². The van der Waals surface area contributed by atoms with Crippen LogP contribution in [0.4, 0.5) is 0 Å². The van der Waals surface area contributed by atoms with Crippen LogP contribution in [0.5, 0.6) is 0 Å². The lowest BCUT2D eigenvalue weighted by molar-refractivity contribution is -0.132. The summed E-state index contributed by atoms with van der Waals surface area (Å²) in [5, 5.41) is 4.36. The fourth-order valence-corrected chi connectivity index (χ4v) is 3.79. The van der Waals surface area contributed by atoms with Crippen molar-refractivity contribution in [1.82, 2.24) is 19.6 Å². The van der Waals surface area contributed by atoms with Gasteiger partial charge >= 0.3 is 5.97 Å². The number of hydrogen-bond donors (Lipinski definition) is 0. The zero-order valence-corrected chi connectivity index (χ0v) is 16.2. The maximum atomic E-state index is 12.9. The van der Waals surface area contributed by atoms with Crippen molar-refractivity contribution in [2.45, 2.75) is 19.9 Å². The molecule has 0 saturated carbocycles. The Morgan fingerprint density at radius 1 is 1.14 bits per heavy atom. The number of fused-ring (bicyclic) bond motifs is 2. The van der Waals surface area contributed by atoms with Gasteiger partial charge in [0.2, 0.25) is 5.91 Å². The normalized spacial score (nSPS) is 15.4. The number of ether oxygens (including phenoxy) is 1. The van der Waals surface area contributed by atoms with Gasteiger partial charge in [-0.1, -0.05) is 12.1 Å². The predicted molar refractivity (Wildman–Crippen MR) is 100 cm³/mol. The topological polar surface area (TPSA) is 102 Å². The van der Waals surface area contributed by atoms with E-state index in [2.05, 4.69) is 5.10 Å². The van der Waals surface area contributed by atoms with E-state index in [1.165, 1.54) is 9.58 Å². The van der Waals surface area contributed by atoms with Crippen molar-refractivity contribution >= 4 is 23.7 Å². The van der Waals surface area contributed by atoms with Gasteiger partial charge in [0, 0.05) is 32.1 Å². The largest absolute Gasteiger partial charge is 0.461 e. The van der Waals surface area contributed by atoms with Crippen LogP contribution in [0, 0.1) is 0 Å². The average Bonchev–Trinajstić information content (AvgIpc) is 3.16. The van der Waals surface area contributed by atoms with E-state index in [-0.39, 0.29) is 25.6 Å². The van der Waals surface area contributed by atoms with E-state index in [4.69, 9.17) is 4.74 Å². The first-order valence-electron chi connectivity index (χ1n) is 9.37. The third-order valence-electron chi connectivity index (χ3n) is 5.19. The minimum Gasteiger partial charge on any atom is -0.461 e. The van der Waals surface area contributed by atoms with Crippen molar-refractivity contribution in [3.8, 4) is 0 Å². The summed E-state index contributed by atoms with van der Waals surface area (Å²) in [4.78, 5) is 52.7. The van der Waals surface area contributed by atoms with Crippen molar-refractivity contribution in [3.05, 3.63) is 52.3 Å². The van der Waals surface area contributed by atoms with Gasteiger partial charge in [-0.2, -0.15) is 5.10 Å². The molecule has 150 valence electrons. The number of amides is 3. The zero-order valence-electron chi connectivity index (χ0n) is 16.2. The third-order valence-corrected chi connectivity index (χ3v) is 5.19. The number of hydrogen-bond acceptors (Lipinski definition) is 6. The minimum atomic E-state index is -0.488. The van der Waals surface area contributed by atoms with Gasteiger partial charge in [0.25, 0.3) is 11.8 Å². The highest BCUT2D eigenvalue weighted by Crippen LogP contribution is 2.25. The molecule has 1 aromatic carbocycles. The molecular formula is C20H20N4O5. The van der Waals surface area contributed by atoms with Crippen LogP contribution in [0.3, 0.4) is 0 Å². The Kier molecular flexibility index (Phi) is 4.65. The van der Waals surface area contributed by atoms with E-state index < -0.39 is 17.8 Å². The molecule has 4 rings (SSSR count). The van der Waals surface area contributed by atoms with Gasteiger partial charge in [-0.25, -0.2) is 4.79 Å². The predicted octanol–water partition coefficient (Wildman–Crippen LogP) is 0.778. The molecule has 9 heteroatoms. The van der Waals surface area contributed by atoms with Crippen molar-refractivity contribution in [1.29, 1.82) is 0 Å². The summed E-state index contributed by atoms with van der Waals surface area (Å²) >= 11 is 0. The molecule has 3 amide bonds. The fraction of sp³-hybridized carbons (Fsp3) is 0.350. The number of carbonyl (C=O) groups excluding carboxylic acids is 4. The average molecular weight is 396 g/mol. The quantitative estimate of drug-likeness (QED) is 0.559. The summed E-state index contributed by atoms with van der Waals surface area (Å²) in [5.74, 6) is -1.78. The molecule has 0 radical (unpaired) electrons. The van der Waals surface area contributed by atoms with Crippen LogP contribution in [0.1, 0.15) is 49.4 Å². The standard InChI is InChI=1S/C20H20N4O5/c1-3-29-20(28)17-14-10-23(9-8-15(14)21-22(17)2)16(25)11-24-18(26)12-6-4-5-7-13(12)19(24)27/h4-7H,3,8-11H2,1-2H3. The fourth-order valence-electron chi connectivity index (χ4n) is 3.79. The number of aryl methyl sites for hydroxylation is 1. The first-order valence-corrected chi connectivity index (χ1v) is 9.37. The molecule has 0 spiro atoms. The number of imide groups is 1. The molecule has 3 heterocycles. The third kappa shape index (κ3) is 3.08. The summed E-state index contributed by atoms with van der Waals surface area (Å²) in [7, 11) is 1.66. The lowest BCUT2D eigenvalue weighted by atomic mass is 10.1. The molecular weight excluding hydrogens is 376 g/mol. The van der Waals surface area contributed by atoms with Gasteiger partial charge in [0.05, 0.1) is 23.4 Å². The second-order valence-electron chi connectivity index (χ2n) is 6.93. The maximum Gasteiger partial charge on any atom is 0.356 e. The first-order chi connectivity index (χ1) is 13.9. The van der Waals surface area contributed by atoms with E-state index in [0.717, 1.165) is 10.6 Å². The van der Waals surface area contributed by atoms with Crippen molar-refractivity contribution in [2.75, 3.05) is 19.7 Å². The first kappa shape index (κ1) is 18.9. The van der Waals surface area contributed by atoms with E-state index in [1.54, 1.807) is 38.2 Å². The van der Waals surface area contributed by atoms with Crippen LogP contribution >= 0.6 is 0 Å². The van der Waals surface area contributed by atoms with Gasteiger partial charge in [-0.05, 0) is 19.1 Å². The van der Waals surface area contributed by atoms with Gasteiger partial charge in [-0.15, -0.1) is 0 Å². The number of rotatable bonds is 4. The number of esters is 1. The SMILES string of the molecule is CCOC(=O)c1c2c(nn1C)CCN(C(=O)CN1C(=O)c3ccccc3C1=O)C2. The smallest absolute Gasteiger partial charge is 0.356 e. The van der Waals surface area contributed by atoms with Gasteiger partial charge < -0.3 is 9.64 Å². The molecule has 0 bridgehead atoms. The van der Waals surface area contributed by atoms with Gasteiger partial charge in [0.15, 0.2) is 5.69 Å². The Morgan fingerprint density at radius 3 is 2.41 bits per heavy atom. The highest BCUT2D eigenvalue weighted by Gasteiger charge is 2.38. The van der Waals surface area contributed by atoms with Gasteiger partial charge in [-0.3, -0.25) is 24.0 Å². The molecule has 0 atom stereocenters. The second kappa shape index (κ2) is 7.16. The molecule has 0 aliphatic carbocycles. The lowest BCUT2D eigenvalue weighted by Crippen LogP contribution is -2.44. The van der Waals surface area contributed by atoms with E-state index >= 15 is 0 Å². The number of nitrogens with zero attached hydrogens (tertiary/aromatic N) is 4. The van der Waals surface area contributed by atoms with Crippen LogP contribution < -0.4 is 0 Å². The Bertz CT molecular complexity index is 1010. The molecule has 29 heavy (non-hydrogen) atoms. The van der Waals surface area contributed by atoms with Gasteiger partial charge in [0.1, 0.15) is 6.54 Å². The molecule has 0 fully saturated rings. The highest BCUT2D eigenvalue weighted by atomic mass is 16.5. The zero-order chi connectivity index (χ0) is 20.7. The minimum absolute atomic E-state index is 0.180. The molecule has 0 N–H and O–H groups in total. The molecule has 2 aromatic rings. The summed E-state index contributed by atoms with van der Waals surface area (Å²) in [6.45, 7) is 2.20. The van der Waals surface area contributed by atoms with Crippen molar-refractivity contribution < 1.29 is 23.9 Å². The van der Waals surface area contributed by atoms with E-state index in [9.17, 15) is 19.2 Å². The van der Waals surface area contributed by atoms with Crippen LogP contribution in [-0.2, 0) is 29.5 Å². The highest BCUT2D eigenvalue weighted by molar-refractivity contribution is 6.22. The second-order valence-corrected chi connectivity index (χ2v) is 6.93. The van der Waals surface area contributed by atoms with Crippen molar-refractivity contribution in [3.63, 3.8) is 0 Å². The molecule has 0 saturated heterocycles. The Morgan fingerprint density at radius 2 is 1.79 bits per heavy atom. The van der Waals surface area contributed by atoms with Crippen LogP contribution in [-0.4, -0.2) is 63.0 Å². The molecule has 2 aliphatic heterocycles. The maximum absolute atomic E-state index is 12.9. The number of aromatic nitrogens is 2. The summed E-state index contributed by atoms with van der Waals surface area (Å²) in [6, 6.07) is 6.52. The summed E-state index contributed by atoms with van der Waals surface area (Å²) in [6.07, 6.45) is 0.483. The monoisotopic (exact) mass is 396 g/mol.